The van der Waals surface area contributed by atoms with Crippen LogP contribution in [0, 0.1) is 4.77 Å². The minimum absolute atomic E-state index is 0.143. The number of rotatable bonds is 4. The summed E-state index contributed by atoms with van der Waals surface area (Å²) in [4.78, 5) is 16.0. The van der Waals surface area contributed by atoms with E-state index in [0.717, 1.165) is 25.0 Å². The molecular weight excluding hydrogens is 336 g/mol. The summed E-state index contributed by atoms with van der Waals surface area (Å²) in [7, 11) is 0. The highest BCUT2D eigenvalue weighted by Gasteiger charge is 2.16. The van der Waals surface area contributed by atoms with Crippen LogP contribution < -0.4 is 10.3 Å². The molecule has 1 fully saturated rings. The molecule has 0 radical (unpaired) electrons. The maximum atomic E-state index is 12.8. The van der Waals surface area contributed by atoms with E-state index in [4.69, 9.17) is 21.7 Å². The molecule has 0 bridgehead atoms. The van der Waals surface area contributed by atoms with Gasteiger partial charge in [-0.15, -0.1) is 0 Å². The molecule has 4 rings (SSSR count). The Labute approximate surface area is 149 Å². The van der Waals surface area contributed by atoms with Crippen molar-refractivity contribution >= 4 is 23.1 Å². The lowest BCUT2D eigenvalue weighted by molar-refractivity contribution is 0.0679. The number of hydrogen-bond acceptors (Lipinski definition) is 4. The van der Waals surface area contributed by atoms with Crippen molar-refractivity contribution in [2.24, 2.45) is 0 Å². The molecule has 0 unspecified atom stereocenters. The van der Waals surface area contributed by atoms with Crippen molar-refractivity contribution < 1.29 is 9.47 Å². The maximum Gasteiger partial charge on any atom is 0.266 e. The molecule has 1 aliphatic rings. The highest BCUT2D eigenvalue weighted by molar-refractivity contribution is 7.71. The van der Waals surface area contributed by atoms with E-state index in [1.807, 2.05) is 42.5 Å². The summed E-state index contributed by atoms with van der Waals surface area (Å²) in [6, 6.07) is 14.7. The Balaban J connectivity index is 1.70. The third kappa shape index (κ3) is 3.23. The molecule has 0 saturated carbocycles. The fourth-order valence-electron chi connectivity index (χ4n) is 3.07. The van der Waals surface area contributed by atoms with Gasteiger partial charge in [0.2, 0.25) is 0 Å². The number of aromatic nitrogens is 2. The lowest BCUT2D eigenvalue weighted by Crippen LogP contribution is -2.20. The molecular formula is C19H18N2O3S. The van der Waals surface area contributed by atoms with E-state index in [9.17, 15) is 4.79 Å². The second kappa shape index (κ2) is 6.82. The van der Waals surface area contributed by atoms with Crippen LogP contribution in [0.25, 0.3) is 16.6 Å². The smallest absolute Gasteiger partial charge is 0.266 e. The summed E-state index contributed by atoms with van der Waals surface area (Å²) < 4.78 is 13.3. The van der Waals surface area contributed by atoms with Gasteiger partial charge in [-0.2, -0.15) is 0 Å². The number of aromatic amines is 1. The highest BCUT2D eigenvalue weighted by Crippen LogP contribution is 2.19. The molecule has 5 nitrogen and oxygen atoms in total. The molecule has 3 aromatic rings. The first-order valence-corrected chi connectivity index (χ1v) is 8.72. The zero-order chi connectivity index (χ0) is 17.2. The molecule has 1 atom stereocenters. The normalized spacial score (nSPS) is 17.0. The van der Waals surface area contributed by atoms with Crippen molar-refractivity contribution in [3.63, 3.8) is 0 Å². The number of ether oxygens (including phenoxy) is 2. The average molecular weight is 354 g/mol. The van der Waals surface area contributed by atoms with Gasteiger partial charge in [-0.3, -0.25) is 9.36 Å². The number of para-hydroxylation sites is 1. The summed E-state index contributed by atoms with van der Waals surface area (Å²) in [5, 5.41) is 0.599. The highest BCUT2D eigenvalue weighted by atomic mass is 32.1. The summed E-state index contributed by atoms with van der Waals surface area (Å²) in [6.45, 7) is 1.32. The lowest BCUT2D eigenvalue weighted by Gasteiger charge is -2.13. The van der Waals surface area contributed by atoms with Crippen molar-refractivity contribution in [3.05, 3.63) is 63.7 Å². The van der Waals surface area contributed by atoms with Crippen LogP contribution in [0.15, 0.2) is 53.3 Å². The number of fused-ring (bicyclic) bond motifs is 1. The van der Waals surface area contributed by atoms with Gasteiger partial charge in [-0.1, -0.05) is 18.2 Å². The predicted molar refractivity (Wildman–Crippen MR) is 99.2 cm³/mol. The Morgan fingerprint density at radius 3 is 2.96 bits per heavy atom. The molecule has 1 N–H and O–H groups in total. The molecule has 0 amide bonds. The summed E-state index contributed by atoms with van der Waals surface area (Å²) in [6.07, 6.45) is 2.25. The number of H-pyrrole nitrogens is 1. The summed E-state index contributed by atoms with van der Waals surface area (Å²) >= 11 is 5.39. The topological polar surface area (TPSA) is 56.2 Å². The molecule has 1 aliphatic heterocycles. The van der Waals surface area contributed by atoms with E-state index >= 15 is 0 Å². The molecule has 1 aromatic heterocycles. The van der Waals surface area contributed by atoms with Crippen LogP contribution in [0.3, 0.4) is 0 Å². The first kappa shape index (κ1) is 16.1. The Kier molecular flexibility index (Phi) is 4.38. The van der Waals surface area contributed by atoms with Crippen molar-refractivity contribution in [2.75, 3.05) is 13.2 Å². The fourth-order valence-corrected chi connectivity index (χ4v) is 3.37. The SMILES string of the molecule is O=c1c2ccccc2[nH]c(=S)n1-c1cccc(OC[C@@H]2CCCO2)c1. The first-order chi connectivity index (χ1) is 12.2. The van der Waals surface area contributed by atoms with Crippen LogP contribution in [0.5, 0.6) is 5.75 Å². The van der Waals surface area contributed by atoms with Gasteiger partial charge in [0.25, 0.3) is 5.56 Å². The molecule has 1 saturated heterocycles. The van der Waals surface area contributed by atoms with Gasteiger partial charge < -0.3 is 14.5 Å². The van der Waals surface area contributed by atoms with Gasteiger partial charge in [-0.05, 0) is 49.3 Å². The van der Waals surface area contributed by atoms with Gasteiger partial charge in [0.05, 0.1) is 22.7 Å². The number of nitrogens with one attached hydrogen (secondary N) is 1. The Morgan fingerprint density at radius 1 is 1.24 bits per heavy atom. The summed E-state index contributed by atoms with van der Waals surface area (Å²) in [5.74, 6) is 0.697. The van der Waals surface area contributed by atoms with Gasteiger partial charge in [0.1, 0.15) is 12.4 Å². The van der Waals surface area contributed by atoms with E-state index in [1.165, 1.54) is 4.57 Å². The Morgan fingerprint density at radius 2 is 2.12 bits per heavy atom. The maximum absolute atomic E-state index is 12.8. The van der Waals surface area contributed by atoms with Gasteiger partial charge in [0.15, 0.2) is 4.77 Å². The monoisotopic (exact) mass is 354 g/mol. The molecule has 2 aromatic carbocycles. The minimum Gasteiger partial charge on any atom is -0.491 e. The minimum atomic E-state index is -0.143. The molecule has 25 heavy (non-hydrogen) atoms. The quantitative estimate of drug-likeness (QED) is 0.727. The second-order valence-electron chi connectivity index (χ2n) is 6.06. The van der Waals surface area contributed by atoms with E-state index in [0.29, 0.717) is 28.2 Å². The van der Waals surface area contributed by atoms with E-state index < -0.39 is 0 Å². The Hall–Kier alpha value is -2.44. The largest absolute Gasteiger partial charge is 0.491 e. The standard InChI is InChI=1S/C19H18N2O3S/c22-18-16-8-1-2-9-17(16)20-19(25)21(18)13-5-3-6-14(11-13)24-12-15-7-4-10-23-15/h1-3,5-6,8-9,11,15H,4,7,10,12H2,(H,20,25)/t15-/m0/s1. The van der Waals surface area contributed by atoms with Crippen molar-refractivity contribution in [1.29, 1.82) is 0 Å². The molecule has 0 aliphatic carbocycles. The van der Waals surface area contributed by atoms with Crippen LogP contribution >= 0.6 is 12.2 Å². The lowest BCUT2D eigenvalue weighted by atomic mass is 10.2. The zero-order valence-electron chi connectivity index (χ0n) is 13.6. The van der Waals surface area contributed by atoms with Gasteiger partial charge >= 0.3 is 0 Å². The van der Waals surface area contributed by atoms with Crippen LogP contribution in [-0.2, 0) is 4.74 Å². The van der Waals surface area contributed by atoms with Crippen LogP contribution in [-0.4, -0.2) is 28.9 Å². The summed E-state index contributed by atoms with van der Waals surface area (Å²) in [5.41, 5.74) is 1.28. The van der Waals surface area contributed by atoms with Crippen LogP contribution in [0.1, 0.15) is 12.8 Å². The van der Waals surface area contributed by atoms with Gasteiger partial charge in [0, 0.05) is 12.7 Å². The first-order valence-electron chi connectivity index (χ1n) is 8.31. The number of nitrogens with zero attached hydrogens (tertiary/aromatic N) is 1. The van der Waals surface area contributed by atoms with Crippen molar-refractivity contribution in [2.45, 2.75) is 18.9 Å². The molecule has 128 valence electrons. The third-order valence-electron chi connectivity index (χ3n) is 4.34. The number of benzene rings is 2. The van der Waals surface area contributed by atoms with E-state index in [1.54, 1.807) is 6.07 Å². The second-order valence-corrected chi connectivity index (χ2v) is 6.45. The van der Waals surface area contributed by atoms with Crippen LogP contribution in [0.2, 0.25) is 0 Å². The van der Waals surface area contributed by atoms with E-state index in [2.05, 4.69) is 4.98 Å². The average Bonchev–Trinajstić information content (AvgIpc) is 3.14. The number of hydrogen-bond donors (Lipinski definition) is 1. The Bertz CT molecular complexity index is 1020. The third-order valence-corrected chi connectivity index (χ3v) is 4.63. The fraction of sp³-hybridized carbons (Fsp3) is 0.263. The molecule has 6 heteroatoms. The zero-order valence-corrected chi connectivity index (χ0v) is 14.4. The molecule has 0 spiro atoms. The van der Waals surface area contributed by atoms with Gasteiger partial charge in [-0.25, -0.2) is 0 Å². The van der Waals surface area contributed by atoms with E-state index in [-0.39, 0.29) is 11.7 Å². The van der Waals surface area contributed by atoms with Crippen molar-refractivity contribution in [1.82, 2.24) is 9.55 Å². The molecule has 2 heterocycles. The van der Waals surface area contributed by atoms with Crippen LogP contribution in [0.4, 0.5) is 0 Å². The van der Waals surface area contributed by atoms with Crippen molar-refractivity contribution in [3.8, 4) is 11.4 Å². The predicted octanol–water partition coefficient (Wildman–Crippen LogP) is 3.61.